The SMILES string of the molecule is C[Si](C)CCOCn1nccc1-c1ccc(Oc2ccc3c(CCO)coc3c2)nc1. The minimum Gasteiger partial charge on any atom is -0.464 e. The van der Waals surface area contributed by atoms with E-state index in [1.165, 1.54) is 0 Å². The highest BCUT2D eigenvalue weighted by atomic mass is 28.3. The molecule has 0 aliphatic heterocycles. The van der Waals surface area contributed by atoms with Gasteiger partial charge in [0.05, 0.1) is 12.0 Å². The van der Waals surface area contributed by atoms with E-state index in [2.05, 4.69) is 23.2 Å². The van der Waals surface area contributed by atoms with Crippen LogP contribution in [0, 0.1) is 0 Å². The van der Waals surface area contributed by atoms with Gasteiger partial charge in [0, 0.05) is 63.1 Å². The van der Waals surface area contributed by atoms with E-state index in [9.17, 15) is 0 Å². The second-order valence-electron chi connectivity index (χ2n) is 7.59. The minimum atomic E-state index is -0.275. The van der Waals surface area contributed by atoms with Crippen LogP contribution in [0.15, 0.2) is 59.5 Å². The summed E-state index contributed by atoms with van der Waals surface area (Å²) < 4.78 is 19.1. The van der Waals surface area contributed by atoms with Crippen LogP contribution in [-0.2, 0) is 17.9 Å². The number of fused-ring (bicyclic) bond motifs is 1. The number of aliphatic hydroxyl groups excluding tert-OH is 1. The van der Waals surface area contributed by atoms with E-state index in [-0.39, 0.29) is 15.4 Å². The van der Waals surface area contributed by atoms with Crippen molar-refractivity contribution in [2.45, 2.75) is 32.3 Å². The van der Waals surface area contributed by atoms with Crippen LogP contribution in [0.5, 0.6) is 11.6 Å². The number of aliphatic hydroxyl groups is 1. The fourth-order valence-corrected chi connectivity index (χ4v) is 3.81. The van der Waals surface area contributed by atoms with Crippen molar-refractivity contribution in [3.63, 3.8) is 0 Å². The van der Waals surface area contributed by atoms with Crippen molar-refractivity contribution in [3.05, 3.63) is 60.6 Å². The molecule has 1 N–H and O–H groups in total. The van der Waals surface area contributed by atoms with Crippen LogP contribution in [-0.4, -0.2) is 41.9 Å². The van der Waals surface area contributed by atoms with Crippen LogP contribution >= 0.6 is 0 Å². The Morgan fingerprint density at radius 3 is 2.84 bits per heavy atom. The number of hydrogen-bond donors (Lipinski definition) is 1. The number of aromatic nitrogens is 3. The molecule has 3 heterocycles. The molecule has 7 nitrogen and oxygen atoms in total. The van der Waals surface area contributed by atoms with Gasteiger partial charge in [0.2, 0.25) is 5.88 Å². The van der Waals surface area contributed by atoms with Gasteiger partial charge < -0.3 is 19.0 Å². The highest BCUT2D eigenvalue weighted by molar-refractivity contribution is 6.55. The second kappa shape index (κ2) is 9.91. The Hall–Kier alpha value is -2.94. The van der Waals surface area contributed by atoms with Crippen LogP contribution < -0.4 is 4.74 Å². The van der Waals surface area contributed by atoms with Gasteiger partial charge in [0.1, 0.15) is 18.1 Å². The number of rotatable bonds is 10. The molecule has 0 bridgehead atoms. The molecule has 4 rings (SSSR count). The van der Waals surface area contributed by atoms with Crippen LogP contribution in [0.25, 0.3) is 22.2 Å². The number of pyridine rings is 1. The molecular weight excluding hydrogens is 410 g/mol. The summed E-state index contributed by atoms with van der Waals surface area (Å²) in [4.78, 5) is 4.44. The molecule has 0 saturated carbocycles. The van der Waals surface area contributed by atoms with Gasteiger partial charge in [-0.3, -0.25) is 0 Å². The fraction of sp³-hybridized carbons (Fsp3) is 0.304. The summed E-state index contributed by atoms with van der Waals surface area (Å²) in [6.07, 6.45) is 5.78. The van der Waals surface area contributed by atoms with Gasteiger partial charge in [-0.25, -0.2) is 9.67 Å². The lowest BCUT2D eigenvalue weighted by Gasteiger charge is -2.10. The molecule has 31 heavy (non-hydrogen) atoms. The van der Waals surface area contributed by atoms with E-state index in [1.807, 2.05) is 41.1 Å². The van der Waals surface area contributed by atoms with Gasteiger partial charge in [-0.05, 0) is 36.7 Å². The summed E-state index contributed by atoms with van der Waals surface area (Å²) >= 11 is 0. The molecule has 0 spiro atoms. The highest BCUT2D eigenvalue weighted by Crippen LogP contribution is 2.29. The third-order valence-corrected chi connectivity index (χ3v) is 6.14. The second-order valence-corrected chi connectivity index (χ2v) is 10.5. The molecule has 0 unspecified atom stereocenters. The standard InChI is InChI=1S/C23H26N3O4Si/c1-31(2)12-11-28-16-26-21(7-9-25-26)17-3-6-23(24-14-17)30-19-4-5-20-18(8-10-27)15-29-22(20)13-19/h3-7,9,13-15,27H,8,10-12,16H2,1-2H3. The Morgan fingerprint density at radius 2 is 2.06 bits per heavy atom. The molecule has 161 valence electrons. The minimum absolute atomic E-state index is 0.0905. The van der Waals surface area contributed by atoms with Crippen molar-refractivity contribution >= 4 is 19.8 Å². The number of hydrogen-bond acceptors (Lipinski definition) is 6. The molecule has 8 heteroatoms. The van der Waals surface area contributed by atoms with Gasteiger partial charge >= 0.3 is 0 Å². The maximum atomic E-state index is 9.14. The maximum absolute atomic E-state index is 9.14. The zero-order valence-electron chi connectivity index (χ0n) is 17.7. The summed E-state index contributed by atoms with van der Waals surface area (Å²) in [5.74, 6) is 1.14. The Morgan fingerprint density at radius 1 is 1.16 bits per heavy atom. The van der Waals surface area contributed by atoms with Gasteiger partial charge in [0.25, 0.3) is 0 Å². The van der Waals surface area contributed by atoms with Crippen molar-refractivity contribution in [1.29, 1.82) is 0 Å². The smallest absolute Gasteiger partial charge is 0.219 e. The zero-order chi connectivity index (χ0) is 21.6. The normalized spacial score (nSPS) is 11.5. The van der Waals surface area contributed by atoms with Crippen LogP contribution in [0.1, 0.15) is 5.56 Å². The first-order valence-corrected chi connectivity index (χ1v) is 13.0. The monoisotopic (exact) mass is 436 g/mol. The number of nitrogens with zero attached hydrogens (tertiary/aromatic N) is 3. The third kappa shape index (κ3) is 5.22. The van der Waals surface area contributed by atoms with Crippen LogP contribution in [0.3, 0.4) is 0 Å². The largest absolute Gasteiger partial charge is 0.464 e. The summed E-state index contributed by atoms with van der Waals surface area (Å²) in [6, 6.07) is 12.5. The number of furan rings is 1. The van der Waals surface area contributed by atoms with Gasteiger partial charge in [-0.1, -0.05) is 13.1 Å². The molecule has 4 aromatic rings. The fourth-order valence-electron chi connectivity index (χ4n) is 3.26. The highest BCUT2D eigenvalue weighted by Gasteiger charge is 2.10. The number of ether oxygens (including phenoxy) is 2. The topological polar surface area (TPSA) is 82.5 Å². The van der Waals surface area contributed by atoms with E-state index >= 15 is 0 Å². The first-order valence-electron chi connectivity index (χ1n) is 10.3. The lowest BCUT2D eigenvalue weighted by molar-refractivity contribution is 0.0801. The summed E-state index contributed by atoms with van der Waals surface area (Å²) in [5, 5.41) is 14.5. The molecule has 1 radical (unpaired) electrons. The van der Waals surface area contributed by atoms with Crippen LogP contribution in [0.4, 0.5) is 0 Å². The first-order chi connectivity index (χ1) is 15.1. The maximum Gasteiger partial charge on any atom is 0.219 e. The molecule has 0 atom stereocenters. The number of benzene rings is 1. The van der Waals surface area contributed by atoms with Gasteiger partial charge in [0.15, 0.2) is 0 Å². The Bertz CT molecular complexity index is 1120. The Labute approximate surface area is 182 Å². The lowest BCUT2D eigenvalue weighted by atomic mass is 10.1. The Balaban J connectivity index is 1.42. The third-order valence-electron chi connectivity index (χ3n) is 4.94. The van der Waals surface area contributed by atoms with Crippen molar-refractivity contribution < 1.29 is 19.0 Å². The average Bonchev–Trinajstić information content (AvgIpc) is 3.39. The molecule has 3 aromatic heterocycles. The predicted octanol–water partition coefficient (Wildman–Crippen LogP) is 4.75. The van der Waals surface area contributed by atoms with E-state index in [1.54, 1.807) is 18.7 Å². The van der Waals surface area contributed by atoms with Gasteiger partial charge in [-0.2, -0.15) is 5.10 Å². The summed E-state index contributed by atoms with van der Waals surface area (Å²) in [5.41, 5.74) is 3.60. The van der Waals surface area contributed by atoms with Crippen molar-refractivity contribution in [2.24, 2.45) is 0 Å². The van der Waals surface area contributed by atoms with Crippen LogP contribution in [0.2, 0.25) is 19.1 Å². The Kier molecular flexibility index (Phi) is 6.81. The lowest BCUT2D eigenvalue weighted by Crippen LogP contribution is -2.10. The van der Waals surface area contributed by atoms with E-state index < -0.39 is 0 Å². The average molecular weight is 437 g/mol. The van der Waals surface area contributed by atoms with E-state index in [0.29, 0.717) is 24.8 Å². The van der Waals surface area contributed by atoms with Gasteiger partial charge in [-0.15, -0.1) is 0 Å². The molecule has 0 amide bonds. The molecule has 0 fully saturated rings. The predicted molar refractivity (Wildman–Crippen MR) is 121 cm³/mol. The van der Waals surface area contributed by atoms with E-state index in [0.717, 1.165) is 40.4 Å². The zero-order valence-corrected chi connectivity index (χ0v) is 18.7. The molecular formula is C23H26N3O4Si. The summed E-state index contributed by atoms with van der Waals surface area (Å²) in [7, 11) is -0.275. The summed E-state index contributed by atoms with van der Waals surface area (Å²) in [6.45, 7) is 5.84. The quantitative estimate of drug-likeness (QED) is 0.285. The van der Waals surface area contributed by atoms with Crippen molar-refractivity contribution in [3.8, 4) is 22.9 Å². The molecule has 0 aliphatic carbocycles. The molecule has 0 aliphatic rings. The van der Waals surface area contributed by atoms with Crippen molar-refractivity contribution in [1.82, 2.24) is 14.8 Å². The van der Waals surface area contributed by atoms with E-state index in [4.69, 9.17) is 19.0 Å². The molecule has 0 saturated heterocycles. The first kappa shape index (κ1) is 21.3. The van der Waals surface area contributed by atoms with Crippen molar-refractivity contribution in [2.75, 3.05) is 13.2 Å². The molecule has 1 aromatic carbocycles.